The van der Waals surface area contributed by atoms with Crippen molar-refractivity contribution in [2.24, 2.45) is 0 Å². The fraction of sp³-hybridized carbons (Fsp3) is 0.278. The number of methoxy groups -OCH3 is 2. The fourth-order valence-corrected chi connectivity index (χ4v) is 4.36. The van der Waals surface area contributed by atoms with E-state index in [0.29, 0.717) is 37.6 Å². The highest BCUT2D eigenvalue weighted by molar-refractivity contribution is 5.85. The first kappa shape index (κ1) is 32.3. The van der Waals surface area contributed by atoms with Crippen molar-refractivity contribution < 1.29 is 28.5 Å². The largest absolute Gasteiger partial charge is 0.489 e. The Kier molecular flexibility index (Phi) is 13.5. The van der Waals surface area contributed by atoms with E-state index in [2.05, 4.69) is 0 Å². The smallest absolute Gasteiger partial charge is 0.165 e. The molecule has 0 amide bonds. The highest BCUT2D eigenvalue weighted by Gasteiger charge is 2.23. The lowest BCUT2D eigenvalue weighted by molar-refractivity contribution is -0.129. The van der Waals surface area contributed by atoms with Gasteiger partial charge in [-0.05, 0) is 23.3 Å². The highest BCUT2D eigenvalue weighted by atomic mass is 16.5. The number of hydrogen-bond donors (Lipinski definition) is 0. The van der Waals surface area contributed by atoms with Crippen LogP contribution in [-0.2, 0) is 32.3 Å². The lowest BCUT2D eigenvalue weighted by Gasteiger charge is -2.18. The van der Waals surface area contributed by atoms with Gasteiger partial charge >= 0.3 is 0 Å². The molecule has 0 fully saturated rings. The quantitative estimate of drug-likeness (QED) is 0.154. The van der Waals surface area contributed by atoms with Crippen molar-refractivity contribution in [1.82, 2.24) is 0 Å². The number of ether oxygens (including phenoxy) is 4. The van der Waals surface area contributed by atoms with Crippen LogP contribution in [0.1, 0.15) is 61.2 Å². The molecule has 2 atom stereocenters. The maximum absolute atomic E-state index is 12.0. The molecule has 0 aliphatic heterocycles. The Morgan fingerprint density at radius 3 is 1.19 bits per heavy atom. The summed E-state index contributed by atoms with van der Waals surface area (Å²) in [6.45, 7) is 4.60. The second kappa shape index (κ2) is 17.5. The first-order valence-electron chi connectivity index (χ1n) is 14.1. The van der Waals surface area contributed by atoms with E-state index in [1.54, 1.807) is 14.2 Å². The van der Waals surface area contributed by atoms with Crippen LogP contribution < -0.4 is 9.47 Å². The van der Waals surface area contributed by atoms with Gasteiger partial charge in [0, 0.05) is 38.2 Å². The Bertz CT molecular complexity index is 1260. The highest BCUT2D eigenvalue weighted by Crippen LogP contribution is 2.30. The molecule has 0 radical (unpaired) electrons. The van der Waals surface area contributed by atoms with E-state index in [4.69, 9.17) is 18.9 Å². The van der Waals surface area contributed by atoms with Gasteiger partial charge in [0.15, 0.2) is 11.6 Å². The van der Waals surface area contributed by atoms with Gasteiger partial charge in [0.1, 0.15) is 36.9 Å². The minimum Gasteiger partial charge on any atom is -0.489 e. The SMILES string of the molecule is CCC(=O)C(OC)c1ccccc1OCc1ccccc1.CCC(=O)C(OC)c1ccccc1OCc1ccccc1. The molecule has 0 aliphatic rings. The molecule has 0 aromatic heterocycles. The van der Waals surface area contributed by atoms with E-state index < -0.39 is 12.2 Å². The minimum absolute atomic E-state index is 0.0493. The standard InChI is InChI=1S/2C18H20O3/c2*1-3-16(19)18(20-2)15-11-7-8-12-17(15)21-13-14-9-5-4-6-10-14/h2*4-12,18H,3,13H2,1-2H3. The summed E-state index contributed by atoms with van der Waals surface area (Å²) < 4.78 is 22.4. The van der Waals surface area contributed by atoms with Crippen molar-refractivity contribution in [1.29, 1.82) is 0 Å². The van der Waals surface area contributed by atoms with Gasteiger partial charge in [0.25, 0.3) is 0 Å². The summed E-state index contributed by atoms with van der Waals surface area (Å²) in [5, 5.41) is 0. The van der Waals surface area contributed by atoms with Gasteiger partial charge in [-0.1, -0.05) is 111 Å². The summed E-state index contributed by atoms with van der Waals surface area (Å²) in [6.07, 6.45) is -0.263. The van der Waals surface area contributed by atoms with Gasteiger partial charge in [-0.25, -0.2) is 0 Å². The molecule has 0 saturated carbocycles. The molecule has 0 saturated heterocycles. The van der Waals surface area contributed by atoms with E-state index in [1.165, 1.54) is 0 Å². The molecule has 4 rings (SSSR count). The molecule has 0 heterocycles. The van der Waals surface area contributed by atoms with Gasteiger partial charge in [0.2, 0.25) is 0 Å². The molecule has 0 bridgehead atoms. The normalized spacial score (nSPS) is 11.9. The summed E-state index contributed by atoms with van der Waals surface area (Å²) in [6, 6.07) is 34.9. The zero-order valence-corrected chi connectivity index (χ0v) is 24.8. The molecule has 0 spiro atoms. The van der Waals surface area contributed by atoms with E-state index >= 15 is 0 Å². The number of para-hydroxylation sites is 2. The molecule has 0 aliphatic carbocycles. The predicted octanol–water partition coefficient (Wildman–Crippen LogP) is 7.86. The number of carbonyl (C=O) groups excluding carboxylic acids is 2. The van der Waals surface area contributed by atoms with Crippen molar-refractivity contribution in [3.63, 3.8) is 0 Å². The number of Topliss-reactive ketones (excluding diaryl/α,β-unsaturated/α-hetero) is 2. The molecule has 6 heteroatoms. The van der Waals surface area contributed by atoms with Crippen molar-refractivity contribution in [3.8, 4) is 11.5 Å². The number of rotatable bonds is 14. The molecular formula is C36H40O6. The van der Waals surface area contributed by atoms with Crippen LogP contribution in [0.5, 0.6) is 11.5 Å². The van der Waals surface area contributed by atoms with Crippen molar-refractivity contribution >= 4 is 11.6 Å². The molecule has 42 heavy (non-hydrogen) atoms. The maximum Gasteiger partial charge on any atom is 0.165 e. The van der Waals surface area contributed by atoms with E-state index in [1.807, 2.05) is 123 Å². The third-order valence-electron chi connectivity index (χ3n) is 6.63. The summed E-state index contributed by atoms with van der Waals surface area (Å²) in [7, 11) is 3.10. The van der Waals surface area contributed by atoms with Crippen LogP contribution in [0.4, 0.5) is 0 Å². The molecule has 4 aromatic carbocycles. The zero-order valence-electron chi connectivity index (χ0n) is 24.8. The molecular weight excluding hydrogens is 528 g/mol. The first-order valence-corrected chi connectivity index (χ1v) is 14.1. The topological polar surface area (TPSA) is 71.1 Å². The van der Waals surface area contributed by atoms with Gasteiger partial charge in [-0.3, -0.25) is 9.59 Å². The molecule has 220 valence electrons. The monoisotopic (exact) mass is 568 g/mol. The average molecular weight is 569 g/mol. The van der Waals surface area contributed by atoms with Gasteiger partial charge in [-0.2, -0.15) is 0 Å². The van der Waals surface area contributed by atoms with E-state index in [9.17, 15) is 9.59 Å². The fourth-order valence-electron chi connectivity index (χ4n) is 4.36. The predicted molar refractivity (Wildman–Crippen MR) is 165 cm³/mol. The lowest BCUT2D eigenvalue weighted by Crippen LogP contribution is -2.14. The van der Waals surface area contributed by atoms with Crippen LogP contribution in [0.15, 0.2) is 109 Å². The summed E-state index contributed by atoms with van der Waals surface area (Å²) >= 11 is 0. The second-order valence-electron chi connectivity index (χ2n) is 9.50. The van der Waals surface area contributed by atoms with Crippen LogP contribution in [0.2, 0.25) is 0 Å². The Balaban J connectivity index is 0.000000230. The maximum atomic E-state index is 12.0. The van der Waals surface area contributed by atoms with E-state index in [0.717, 1.165) is 22.3 Å². The molecule has 2 unspecified atom stereocenters. The second-order valence-corrected chi connectivity index (χ2v) is 9.50. The molecule has 6 nitrogen and oxygen atoms in total. The number of benzene rings is 4. The van der Waals surface area contributed by atoms with Crippen molar-refractivity contribution in [2.75, 3.05) is 14.2 Å². The summed E-state index contributed by atoms with van der Waals surface area (Å²) in [5.74, 6) is 1.48. The van der Waals surface area contributed by atoms with Gasteiger partial charge < -0.3 is 18.9 Å². The molecule has 0 N–H and O–H groups in total. The van der Waals surface area contributed by atoms with Crippen LogP contribution in [0.25, 0.3) is 0 Å². The van der Waals surface area contributed by atoms with Crippen LogP contribution in [0.3, 0.4) is 0 Å². The number of ketones is 2. The van der Waals surface area contributed by atoms with Gasteiger partial charge in [-0.15, -0.1) is 0 Å². The Morgan fingerprint density at radius 2 is 0.857 bits per heavy atom. The lowest BCUT2D eigenvalue weighted by atomic mass is 10.0. The minimum atomic E-state index is -0.568. The zero-order chi connectivity index (χ0) is 30.2. The number of hydrogen-bond acceptors (Lipinski definition) is 6. The summed E-state index contributed by atoms with van der Waals surface area (Å²) in [4.78, 5) is 24.0. The van der Waals surface area contributed by atoms with Crippen molar-refractivity contribution in [3.05, 3.63) is 131 Å². The van der Waals surface area contributed by atoms with Crippen LogP contribution in [-0.4, -0.2) is 25.8 Å². The first-order chi connectivity index (χ1) is 20.5. The third-order valence-corrected chi connectivity index (χ3v) is 6.63. The molecule has 4 aromatic rings. The van der Waals surface area contributed by atoms with Crippen molar-refractivity contribution in [2.45, 2.75) is 52.1 Å². The average Bonchev–Trinajstić information content (AvgIpc) is 3.05. The third kappa shape index (κ3) is 9.40. The Morgan fingerprint density at radius 1 is 0.524 bits per heavy atom. The van der Waals surface area contributed by atoms with Crippen LogP contribution in [0, 0.1) is 0 Å². The van der Waals surface area contributed by atoms with Crippen LogP contribution >= 0.6 is 0 Å². The summed E-state index contributed by atoms with van der Waals surface area (Å²) in [5.41, 5.74) is 3.73. The van der Waals surface area contributed by atoms with E-state index in [-0.39, 0.29) is 11.6 Å². The Labute approximate surface area is 249 Å². The van der Waals surface area contributed by atoms with Gasteiger partial charge in [0.05, 0.1) is 0 Å². The number of carbonyl (C=O) groups is 2. The Hall–Kier alpha value is -4.26.